The second-order valence-electron chi connectivity index (χ2n) is 6.26. The third kappa shape index (κ3) is 6.37. The number of hydrogen-bond donors (Lipinski definition) is 0. The Morgan fingerprint density at radius 2 is 1.83 bits per heavy atom. The van der Waals surface area contributed by atoms with E-state index in [2.05, 4.69) is 10.0 Å². The minimum absolute atomic E-state index is 0.0883. The zero-order chi connectivity index (χ0) is 18.1. The Hall–Kier alpha value is -1.79. The summed E-state index contributed by atoms with van der Waals surface area (Å²) in [4.78, 5) is 25.2. The minimum Gasteiger partial charge on any atom is -0.463 e. The summed E-state index contributed by atoms with van der Waals surface area (Å²) in [5, 5.41) is 3.51. The fourth-order valence-electron chi connectivity index (χ4n) is 2.97. The highest BCUT2D eigenvalue weighted by Crippen LogP contribution is 2.35. The summed E-state index contributed by atoms with van der Waals surface area (Å²) in [6, 6.07) is 0. The quantitative estimate of drug-likeness (QED) is 0.221. The van der Waals surface area contributed by atoms with Gasteiger partial charge in [-0.2, -0.15) is 0 Å². The lowest BCUT2D eigenvalue weighted by Gasteiger charge is -2.44. The highest BCUT2D eigenvalue weighted by molar-refractivity contribution is 5.66. The number of azide groups is 1. The molecule has 1 rings (SSSR count). The third-order valence-corrected chi connectivity index (χ3v) is 4.46. The average molecular weight is 341 g/mol. The van der Waals surface area contributed by atoms with Crippen LogP contribution in [0, 0.1) is 11.8 Å². The van der Waals surface area contributed by atoms with Crippen LogP contribution in [0.1, 0.15) is 47.0 Å². The van der Waals surface area contributed by atoms with E-state index in [1.165, 1.54) is 13.8 Å². The van der Waals surface area contributed by atoms with Crippen LogP contribution >= 0.6 is 0 Å². The number of hydrogen-bond acceptors (Lipinski definition) is 6. The normalized spacial score (nSPS) is 29.4. The number of nitrogens with zero attached hydrogens (tertiary/aromatic N) is 3. The lowest BCUT2D eigenvalue weighted by atomic mass is 9.80. The molecular weight excluding hydrogens is 314 g/mol. The minimum atomic E-state index is -0.341. The Bertz CT molecular complexity index is 476. The Morgan fingerprint density at radius 3 is 2.42 bits per heavy atom. The Balaban J connectivity index is 2.71. The number of carbonyl (C=O) groups excluding carboxylic acids is 2. The number of carbonyl (C=O) groups is 2. The predicted molar refractivity (Wildman–Crippen MR) is 87.0 cm³/mol. The Kier molecular flexibility index (Phi) is 8.57. The van der Waals surface area contributed by atoms with Crippen molar-refractivity contribution in [2.45, 2.75) is 65.3 Å². The summed E-state index contributed by atoms with van der Waals surface area (Å²) in [7, 11) is 0. The second-order valence-corrected chi connectivity index (χ2v) is 6.26. The first-order valence-corrected chi connectivity index (χ1v) is 8.33. The molecule has 1 fully saturated rings. The van der Waals surface area contributed by atoms with Crippen molar-refractivity contribution in [2.24, 2.45) is 17.0 Å². The van der Waals surface area contributed by atoms with E-state index in [1.807, 2.05) is 13.8 Å². The van der Waals surface area contributed by atoms with Crippen molar-refractivity contribution in [2.75, 3.05) is 13.2 Å². The molecule has 8 nitrogen and oxygen atoms in total. The molecule has 5 atom stereocenters. The van der Waals surface area contributed by atoms with Gasteiger partial charge in [0.1, 0.15) is 12.7 Å². The van der Waals surface area contributed by atoms with Crippen LogP contribution in [0.2, 0.25) is 0 Å². The highest BCUT2D eigenvalue weighted by Gasteiger charge is 2.43. The first-order chi connectivity index (χ1) is 11.4. The Labute approximate surface area is 142 Å². The van der Waals surface area contributed by atoms with Gasteiger partial charge in [-0.25, -0.2) is 0 Å². The maximum absolute atomic E-state index is 11.4. The van der Waals surface area contributed by atoms with Crippen LogP contribution in [0.3, 0.4) is 0 Å². The van der Waals surface area contributed by atoms with Gasteiger partial charge < -0.3 is 14.2 Å². The van der Waals surface area contributed by atoms with Gasteiger partial charge >= 0.3 is 11.9 Å². The lowest BCUT2D eigenvalue weighted by Crippen LogP contribution is -2.52. The molecule has 1 saturated heterocycles. The molecule has 0 aromatic heterocycles. The lowest BCUT2D eigenvalue weighted by molar-refractivity contribution is -0.204. The zero-order valence-electron chi connectivity index (χ0n) is 14.8. The van der Waals surface area contributed by atoms with Crippen molar-refractivity contribution in [3.8, 4) is 0 Å². The van der Waals surface area contributed by atoms with E-state index in [-0.39, 0.29) is 48.7 Å². The molecule has 1 aliphatic heterocycles. The summed E-state index contributed by atoms with van der Waals surface area (Å²) >= 11 is 0. The monoisotopic (exact) mass is 341 g/mol. The van der Waals surface area contributed by atoms with Gasteiger partial charge in [0.15, 0.2) is 0 Å². The van der Waals surface area contributed by atoms with Crippen molar-refractivity contribution in [3.05, 3.63) is 10.4 Å². The van der Waals surface area contributed by atoms with Gasteiger partial charge in [-0.15, -0.1) is 0 Å². The summed E-state index contributed by atoms with van der Waals surface area (Å²) in [5.74, 6) is -0.495. The fraction of sp³-hybridized carbons (Fsp3) is 0.875. The van der Waals surface area contributed by atoms with Crippen LogP contribution in [0.4, 0.5) is 0 Å². The van der Waals surface area contributed by atoms with Crippen molar-refractivity contribution in [3.63, 3.8) is 0 Å². The van der Waals surface area contributed by atoms with Gasteiger partial charge in [0, 0.05) is 31.2 Å². The smallest absolute Gasteiger partial charge is 0.303 e. The molecule has 0 aromatic rings. The summed E-state index contributed by atoms with van der Waals surface area (Å²) in [5.41, 5.74) is 8.29. The molecule has 0 aliphatic carbocycles. The largest absolute Gasteiger partial charge is 0.463 e. The van der Waals surface area contributed by atoms with E-state index in [4.69, 9.17) is 19.7 Å². The molecule has 0 spiro atoms. The van der Waals surface area contributed by atoms with Crippen LogP contribution in [0.15, 0.2) is 5.11 Å². The van der Waals surface area contributed by atoms with Gasteiger partial charge in [-0.1, -0.05) is 25.4 Å². The molecule has 24 heavy (non-hydrogen) atoms. The van der Waals surface area contributed by atoms with E-state index in [9.17, 15) is 9.59 Å². The molecule has 1 aliphatic rings. The van der Waals surface area contributed by atoms with Crippen LogP contribution in [-0.4, -0.2) is 43.4 Å². The topological polar surface area (TPSA) is 111 Å². The maximum Gasteiger partial charge on any atom is 0.303 e. The number of rotatable bonds is 8. The molecule has 0 radical (unpaired) electrons. The van der Waals surface area contributed by atoms with Crippen molar-refractivity contribution < 1.29 is 23.8 Å². The van der Waals surface area contributed by atoms with E-state index < -0.39 is 0 Å². The third-order valence-electron chi connectivity index (χ3n) is 4.46. The number of ether oxygens (including phenoxy) is 3. The van der Waals surface area contributed by atoms with E-state index in [0.29, 0.717) is 13.0 Å². The maximum atomic E-state index is 11.4. The molecule has 0 N–H and O–H groups in total. The van der Waals surface area contributed by atoms with Crippen LogP contribution in [0.5, 0.6) is 0 Å². The van der Waals surface area contributed by atoms with E-state index >= 15 is 0 Å². The van der Waals surface area contributed by atoms with Crippen LogP contribution in [0.25, 0.3) is 10.4 Å². The molecule has 1 heterocycles. The second kappa shape index (κ2) is 10.2. The summed E-state index contributed by atoms with van der Waals surface area (Å²) in [6.45, 7) is 7.42. The van der Waals surface area contributed by atoms with Gasteiger partial charge in [-0.05, 0) is 24.3 Å². The highest BCUT2D eigenvalue weighted by atomic mass is 16.6. The van der Waals surface area contributed by atoms with Gasteiger partial charge in [-0.3, -0.25) is 9.59 Å². The molecule has 5 unspecified atom stereocenters. The first-order valence-electron chi connectivity index (χ1n) is 8.33. The summed E-state index contributed by atoms with van der Waals surface area (Å²) in [6.07, 6.45) is 1.42. The number of esters is 2. The summed E-state index contributed by atoms with van der Waals surface area (Å²) < 4.78 is 16.7. The zero-order valence-corrected chi connectivity index (χ0v) is 14.8. The van der Waals surface area contributed by atoms with Gasteiger partial charge in [0.2, 0.25) is 0 Å². The molecule has 0 aromatic carbocycles. The van der Waals surface area contributed by atoms with E-state index in [1.54, 1.807) is 0 Å². The fourth-order valence-corrected chi connectivity index (χ4v) is 2.97. The van der Waals surface area contributed by atoms with Gasteiger partial charge in [0.25, 0.3) is 0 Å². The standard InChI is InChI=1S/C16H27N3O5/c1-10-11(2)16(23-13(4)21)14(7-5-6-8-18-19-17)24-15(10)9-22-12(3)20/h10-11,14-16H,5-9H2,1-4H3. The van der Waals surface area contributed by atoms with Crippen LogP contribution < -0.4 is 0 Å². The van der Waals surface area contributed by atoms with Crippen molar-refractivity contribution in [1.82, 2.24) is 0 Å². The molecule has 8 heteroatoms. The molecule has 0 amide bonds. The first kappa shape index (κ1) is 20.3. The average Bonchev–Trinajstić information content (AvgIpc) is 2.51. The SMILES string of the molecule is CC(=O)OCC1OC(CCCCN=[N+]=[N-])C(OC(C)=O)C(C)C1C. The molecular formula is C16H27N3O5. The van der Waals surface area contributed by atoms with Gasteiger partial charge in [0.05, 0.1) is 12.2 Å². The molecule has 136 valence electrons. The number of unbranched alkanes of at least 4 members (excludes halogenated alkanes) is 1. The predicted octanol–water partition coefficient (Wildman–Crippen LogP) is 3.00. The van der Waals surface area contributed by atoms with E-state index in [0.717, 1.165) is 12.8 Å². The molecule has 0 saturated carbocycles. The molecule has 0 bridgehead atoms. The van der Waals surface area contributed by atoms with Crippen molar-refractivity contribution in [1.29, 1.82) is 0 Å². The Morgan fingerprint density at radius 1 is 1.12 bits per heavy atom. The van der Waals surface area contributed by atoms with Crippen molar-refractivity contribution >= 4 is 11.9 Å². The van der Waals surface area contributed by atoms with Crippen LogP contribution in [-0.2, 0) is 23.8 Å².